The van der Waals surface area contributed by atoms with Gasteiger partial charge in [-0.3, -0.25) is 9.97 Å². The van der Waals surface area contributed by atoms with E-state index in [4.69, 9.17) is 16.9 Å². The van der Waals surface area contributed by atoms with E-state index in [0.29, 0.717) is 11.4 Å². The van der Waals surface area contributed by atoms with Crippen LogP contribution >= 0.6 is 24.0 Å². The summed E-state index contributed by atoms with van der Waals surface area (Å²) in [7, 11) is 0. The number of rotatable bonds is 5. The number of nitriles is 1. The summed E-state index contributed by atoms with van der Waals surface area (Å²) in [6, 6.07) is 12.9. The zero-order valence-electron chi connectivity index (χ0n) is 14.8. The van der Waals surface area contributed by atoms with Crippen molar-refractivity contribution in [1.82, 2.24) is 15.0 Å². The summed E-state index contributed by atoms with van der Waals surface area (Å²) in [4.78, 5) is 14.0. The maximum absolute atomic E-state index is 13.4. The van der Waals surface area contributed by atoms with Crippen molar-refractivity contribution >= 4 is 29.8 Å². The lowest BCUT2D eigenvalue weighted by molar-refractivity contribution is -0.137. The fourth-order valence-corrected chi connectivity index (χ4v) is 2.82. The molecule has 29 heavy (non-hydrogen) atoms. The molecule has 3 heterocycles. The fraction of sp³-hybridized carbons (Fsp3) is 0.158. The molecule has 0 spiro atoms. The molecule has 0 fully saturated rings. The second-order valence-electron chi connectivity index (χ2n) is 5.80. The minimum absolute atomic E-state index is 0. The van der Waals surface area contributed by atoms with Crippen molar-refractivity contribution in [2.75, 3.05) is 4.90 Å². The molecule has 3 aromatic heterocycles. The molecule has 10 heteroatoms. The lowest BCUT2D eigenvalue weighted by Gasteiger charge is -2.24. The van der Waals surface area contributed by atoms with E-state index in [2.05, 4.69) is 15.0 Å². The Morgan fingerprint density at radius 3 is 1.97 bits per heavy atom. The Labute approximate surface area is 176 Å². The average Bonchev–Trinajstić information content (AvgIpc) is 2.68. The highest BCUT2D eigenvalue weighted by Gasteiger charge is 2.36. The number of pyridine rings is 3. The van der Waals surface area contributed by atoms with Crippen LogP contribution in [0.3, 0.4) is 0 Å². The number of nitrogens with zero attached hydrogens (tertiary/aromatic N) is 5. The fourth-order valence-electron chi connectivity index (χ4n) is 2.59. The van der Waals surface area contributed by atoms with Crippen molar-refractivity contribution in [3.05, 3.63) is 82.5 Å². The Morgan fingerprint density at radius 2 is 1.55 bits per heavy atom. The van der Waals surface area contributed by atoms with Gasteiger partial charge in [-0.05, 0) is 30.3 Å². The normalized spacial score (nSPS) is 10.7. The van der Waals surface area contributed by atoms with Crippen molar-refractivity contribution in [3.8, 4) is 6.07 Å². The Morgan fingerprint density at radius 1 is 1.00 bits per heavy atom. The van der Waals surface area contributed by atoms with E-state index in [1.54, 1.807) is 53.7 Å². The van der Waals surface area contributed by atoms with Gasteiger partial charge < -0.3 is 4.90 Å². The van der Waals surface area contributed by atoms with Gasteiger partial charge in [-0.15, -0.1) is 12.4 Å². The molecule has 0 amide bonds. The van der Waals surface area contributed by atoms with Gasteiger partial charge in [0.15, 0.2) is 0 Å². The highest BCUT2D eigenvalue weighted by molar-refractivity contribution is 6.30. The molecule has 0 unspecified atom stereocenters. The lowest BCUT2D eigenvalue weighted by Crippen LogP contribution is -2.25. The minimum Gasteiger partial charge on any atom is -0.345 e. The van der Waals surface area contributed by atoms with E-state index in [-0.39, 0.29) is 31.3 Å². The van der Waals surface area contributed by atoms with Gasteiger partial charge in [-0.2, -0.15) is 18.4 Å². The second-order valence-corrected chi connectivity index (χ2v) is 6.16. The highest BCUT2D eigenvalue weighted by atomic mass is 35.5. The van der Waals surface area contributed by atoms with Crippen LogP contribution in [0.15, 0.2) is 54.9 Å². The Balaban J connectivity index is 0.00000300. The van der Waals surface area contributed by atoms with Crippen molar-refractivity contribution in [1.29, 1.82) is 5.26 Å². The monoisotopic (exact) mass is 439 g/mol. The first kappa shape index (κ1) is 22.4. The van der Waals surface area contributed by atoms with Crippen LogP contribution in [0.2, 0.25) is 5.15 Å². The standard InChI is InChI=1S/C19H13ClF3N5.ClH/c20-18-15(10-24)16(19(21,22)23)9-17(27-18)28(11-13-5-1-3-7-25-13)12-14-6-2-4-8-26-14;/h1-9H,11-12H2;1H. The number of hydrogen-bond donors (Lipinski definition) is 0. The molecule has 0 saturated carbocycles. The summed E-state index contributed by atoms with van der Waals surface area (Å²) in [6.45, 7) is 0.369. The minimum atomic E-state index is -4.74. The summed E-state index contributed by atoms with van der Waals surface area (Å²) in [5.41, 5.74) is -0.561. The van der Waals surface area contributed by atoms with E-state index in [9.17, 15) is 13.2 Å². The summed E-state index contributed by atoms with van der Waals surface area (Å²) in [6.07, 6.45) is -1.56. The quantitative estimate of drug-likeness (QED) is 0.520. The molecular formula is C19H14Cl2F3N5. The molecular weight excluding hydrogens is 426 g/mol. The van der Waals surface area contributed by atoms with Gasteiger partial charge in [0.25, 0.3) is 0 Å². The molecule has 3 rings (SSSR count). The van der Waals surface area contributed by atoms with Crippen LogP contribution in [0.4, 0.5) is 19.0 Å². The van der Waals surface area contributed by atoms with Crippen LogP contribution < -0.4 is 4.90 Å². The molecule has 150 valence electrons. The van der Waals surface area contributed by atoms with Gasteiger partial charge >= 0.3 is 6.18 Å². The molecule has 0 saturated heterocycles. The van der Waals surface area contributed by atoms with Gasteiger partial charge in [-0.1, -0.05) is 23.7 Å². The predicted octanol–water partition coefficient (Wildman–Crippen LogP) is 5.04. The molecule has 0 aliphatic heterocycles. The summed E-state index contributed by atoms with van der Waals surface area (Å²) in [5.74, 6) is -0.0207. The summed E-state index contributed by atoms with van der Waals surface area (Å²) >= 11 is 5.90. The number of halogens is 5. The first-order valence-electron chi connectivity index (χ1n) is 8.11. The van der Waals surface area contributed by atoms with E-state index >= 15 is 0 Å². The SMILES string of the molecule is Cl.N#Cc1c(C(F)(F)F)cc(N(Cc2ccccn2)Cc2ccccn2)nc1Cl. The van der Waals surface area contributed by atoms with Crippen LogP contribution in [0.5, 0.6) is 0 Å². The third-order valence-corrected chi connectivity index (χ3v) is 4.13. The maximum atomic E-state index is 13.4. The van der Waals surface area contributed by atoms with Crippen molar-refractivity contribution < 1.29 is 13.2 Å². The zero-order chi connectivity index (χ0) is 20.1. The van der Waals surface area contributed by atoms with E-state index < -0.39 is 22.5 Å². The number of hydrogen-bond acceptors (Lipinski definition) is 5. The van der Waals surface area contributed by atoms with Crippen molar-refractivity contribution in [2.45, 2.75) is 19.3 Å². The largest absolute Gasteiger partial charge is 0.417 e. The maximum Gasteiger partial charge on any atom is 0.417 e. The lowest BCUT2D eigenvalue weighted by atomic mass is 10.1. The van der Waals surface area contributed by atoms with Gasteiger partial charge in [0, 0.05) is 12.4 Å². The predicted molar refractivity (Wildman–Crippen MR) is 105 cm³/mol. The Bertz CT molecular complexity index is 951. The molecule has 0 aliphatic carbocycles. The number of alkyl halides is 3. The topological polar surface area (TPSA) is 65.7 Å². The first-order chi connectivity index (χ1) is 13.4. The van der Waals surface area contributed by atoms with E-state index in [0.717, 1.165) is 6.07 Å². The summed E-state index contributed by atoms with van der Waals surface area (Å²) < 4.78 is 40.3. The third-order valence-electron chi connectivity index (χ3n) is 3.86. The number of anilines is 1. The van der Waals surface area contributed by atoms with Crippen molar-refractivity contribution in [2.24, 2.45) is 0 Å². The molecule has 0 atom stereocenters. The van der Waals surface area contributed by atoms with Crippen molar-refractivity contribution in [3.63, 3.8) is 0 Å². The van der Waals surface area contributed by atoms with Crippen LogP contribution in [-0.4, -0.2) is 15.0 Å². The Kier molecular flexibility index (Phi) is 7.37. The molecule has 3 aromatic rings. The van der Waals surface area contributed by atoms with Crippen LogP contribution in [0.1, 0.15) is 22.5 Å². The third kappa shape index (κ3) is 5.56. The molecule has 0 aliphatic rings. The Hall–Kier alpha value is -2.89. The molecule has 0 radical (unpaired) electrons. The van der Waals surface area contributed by atoms with E-state index in [1.807, 2.05) is 0 Å². The zero-order valence-corrected chi connectivity index (χ0v) is 16.3. The van der Waals surface area contributed by atoms with Gasteiger partial charge in [-0.25, -0.2) is 4.98 Å². The van der Waals surface area contributed by atoms with Crippen LogP contribution in [0.25, 0.3) is 0 Å². The first-order valence-corrected chi connectivity index (χ1v) is 8.49. The smallest absolute Gasteiger partial charge is 0.345 e. The molecule has 0 aromatic carbocycles. The number of aromatic nitrogens is 3. The van der Waals surface area contributed by atoms with Gasteiger partial charge in [0.2, 0.25) is 0 Å². The summed E-state index contributed by atoms with van der Waals surface area (Å²) in [5, 5.41) is 8.55. The highest BCUT2D eigenvalue weighted by Crippen LogP contribution is 2.36. The average molecular weight is 440 g/mol. The second kappa shape index (κ2) is 9.54. The molecule has 0 bridgehead atoms. The van der Waals surface area contributed by atoms with Gasteiger partial charge in [0.05, 0.1) is 30.0 Å². The van der Waals surface area contributed by atoms with Crippen LogP contribution in [-0.2, 0) is 19.3 Å². The van der Waals surface area contributed by atoms with Crippen LogP contribution in [0, 0.1) is 11.3 Å². The van der Waals surface area contributed by atoms with E-state index in [1.165, 1.54) is 6.07 Å². The molecule has 5 nitrogen and oxygen atoms in total. The van der Waals surface area contributed by atoms with Gasteiger partial charge in [0.1, 0.15) is 22.6 Å². The molecule has 0 N–H and O–H groups in total.